The van der Waals surface area contributed by atoms with Gasteiger partial charge in [-0.3, -0.25) is 0 Å². The molecule has 0 aromatic rings. The number of hydrogen-bond donors (Lipinski definition) is 1. The van der Waals surface area contributed by atoms with E-state index in [4.69, 9.17) is 0 Å². The molecule has 0 fully saturated rings. The van der Waals surface area contributed by atoms with E-state index in [2.05, 4.69) is 39.9 Å². The van der Waals surface area contributed by atoms with Crippen molar-refractivity contribution in [2.24, 2.45) is 5.92 Å². The minimum absolute atomic E-state index is 0.273. The molecule has 1 N–H and O–H groups in total. The molecule has 0 spiro atoms. The lowest BCUT2D eigenvalue weighted by atomic mass is 10.0. The van der Waals surface area contributed by atoms with Crippen molar-refractivity contribution in [3.05, 3.63) is 0 Å². The Balaban J connectivity index is 3.27. The monoisotopic (exact) mass is 227 g/mol. The van der Waals surface area contributed by atoms with Crippen LogP contribution in [0.1, 0.15) is 79.6 Å². The highest BCUT2D eigenvalue weighted by Crippen LogP contribution is 2.12. The number of nitrogens with one attached hydrogen (secondary N) is 1. The third-order valence-electron chi connectivity index (χ3n) is 3.03. The highest BCUT2D eigenvalue weighted by molar-refractivity contribution is 4.71. The van der Waals surface area contributed by atoms with Crippen molar-refractivity contribution < 1.29 is 0 Å². The molecule has 0 aliphatic carbocycles. The Labute approximate surface area is 103 Å². The zero-order valence-corrected chi connectivity index (χ0v) is 12.2. The van der Waals surface area contributed by atoms with Crippen molar-refractivity contribution >= 4 is 0 Å². The fourth-order valence-corrected chi connectivity index (χ4v) is 1.86. The summed E-state index contributed by atoms with van der Waals surface area (Å²) in [6, 6.07) is 0. The predicted molar refractivity (Wildman–Crippen MR) is 74.9 cm³/mol. The van der Waals surface area contributed by atoms with Crippen LogP contribution < -0.4 is 5.32 Å². The molecule has 16 heavy (non-hydrogen) atoms. The van der Waals surface area contributed by atoms with Gasteiger partial charge in [0.1, 0.15) is 0 Å². The summed E-state index contributed by atoms with van der Waals surface area (Å²) in [6.45, 7) is 12.5. The third-order valence-corrected chi connectivity index (χ3v) is 3.03. The first-order valence-electron chi connectivity index (χ1n) is 7.20. The van der Waals surface area contributed by atoms with Crippen molar-refractivity contribution in [1.29, 1.82) is 0 Å². The van der Waals surface area contributed by atoms with Gasteiger partial charge in [0.05, 0.1) is 0 Å². The van der Waals surface area contributed by atoms with Crippen molar-refractivity contribution in [2.45, 2.75) is 85.1 Å². The lowest BCUT2D eigenvalue weighted by Gasteiger charge is -2.23. The molecule has 0 saturated heterocycles. The molecule has 0 rings (SSSR count). The summed E-state index contributed by atoms with van der Waals surface area (Å²) in [7, 11) is 0. The van der Waals surface area contributed by atoms with E-state index in [0.717, 1.165) is 5.92 Å². The maximum Gasteiger partial charge on any atom is 0.00966 e. The Morgan fingerprint density at radius 2 is 1.50 bits per heavy atom. The van der Waals surface area contributed by atoms with Crippen LogP contribution in [0.15, 0.2) is 0 Å². The Morgan fingerprint density at radius 1 is 0.938 bits per heavy atom. The first-order valence-corrected chi connectivity index (χ1v) is 7.20. The van der Waals surface area contributed by atoms with Crippen LogP contribution in [0.5, 0.6) is 0 Å². The van der Waals surface area contributed by atoms with E-state index in [1.807, 2.05) is 0 Å². The quantitative estimate of drug-likeness (QED) is 0.560. The molecule has 0 aromatic carbocycles. The summed E-state index contributed by atoms with van der Waals surface area (Å²) in [5.41, 5.74) is 0.273. The number of unbranched alkanes of at least 4 members (excludes halogenated alkanes) is 5. The van der Waals surface area contributed by atoms with Gasteiger partial charge < -0.3 is 5.32 Å². The van der Waals surface area contributed by atoms with Crippen LogP contribution in [0.25, 0.3) is 0 Å². The molecule has 0 aliphatic rings. The summed E-state index contributed by atoms with van der Waals surface area (Å²) in [5.74, 6) is 0.824. The highest BCUT2D eigenvalue weighted by atomic mass is 14.9. The first-order chi connectivity index (χ1) is 7.45. The fraction of sp³-hybridized carbons (Fsp3) is 1.00. The van der Waals surface area contributed by atoms with Gasteiger partial charge in [-0.1, -0.05) is 52.4 Å². The molecule has 0 bridgehead atoms. The molecule has 1 nitrogen and oxygen atoms in total. The van der Waals surface area contributed by atoms with E-state index in [1.165, 1.54) is 51.5 Å². The molecular formula is C15H33N. The smallest absolute Gasteiger partial charge is 0.00966 e. The van der Waals surface area contributed by atoms with E-state index in [9.17, 15) is 0 Å². The molecule has 0 aromatic heterocycles. The summed E-state index contributed by atoms with van der Waals surface area (Å²) >= 11 is 0. The number of hydrogen-bond acceptors (Lipinski definition) is 1. The largest absolute Gasteiger partial charge is 0.312 e. The maximum atomic E-state index is 3.58. The van der Waals surface area contributed by atoms with Gasteiger partial charge >= 0.3 is 0 Å². The second-order valence-electron chi connectivity index (χ2n) is 6.29. The van der Waals surface area contributed by atoms with E-state index in [1.54, 1.807) is 0 Å². The van der Waals surface area contributed by atoms with Crippen LogP contribution in [0.2, 0.25) is 0 Å². The van der Waals surface area contributed by atoms with Crippen molar-refractivity contribution in [2.75, 3.05) is 6.54 Å². The number of rotatable bonds is 9. The maximum absolute atomic E-state index is 3.58. The minimum Gasteiger partial charge on any atom is -0.312 e. The van der Waals surface area contributed by atoms with Gasteiger partial charge in [-0.2, -0.15) is 0 Å². The third kappa shape index (κ3) is 12.0. The molecule has 0 saturated carbocycles. The summed E-state index contributed by atoms with van der Waals surface area (Å²) in [6.07, 6.45) is 9.87. The predicted octanol–water partition coefficient (Wildman–Crippen LogP) is 4.76. The van der Waals surface area contributed by atoms with Crippen LogP contribution >= 0.6 is 0 Å². The van der Waals surface area contributed by atoms with E-state index >= 15 is 0 Å². The molecule has 98 valence electrons. The topological polar surface area (TPSA) is 12.0 Å². The minimum atomic E-state index is 0.273. The van der Waals surface area contributed by atoms with Gasteiger partial charge in [0.15, 0.2) is 0 Å². The van der Waals surface area contributed by atoms with Crippen molar-refractivity contribution in [3.63, 3.8) is 0 Å². The molecule has 1 atom stereocenters. The van der Waals surface area contributed by atoms with E-state index in [0.29, 0.717) is 0 Å². The Bertz CT molecular complexity index is 146. The van der Waals surface area contributed by atoms with Crippen LogP contribution in [0.4, 0.5) is 0 Å². The average molecular weight is 227 g/mol. The average Bonchev–Trinajstić information content (AvgIpc) is 2.19. The van der Waals surface area contributed by atoms with Gasteiger partial charge in [0, 0.05) is 5.54 Å². The van der Waals surface area contributed by atoms with Gasteiger partial charge in [-0.15, -0.1) is 0 Å². The molecule has 0 heterocycles. The second-order valence-corrected chi connectivity index (χ2v) is 6.29. The summed E-state index contributed by atoms with van der Waals surface area (Å²) in [4.78, 5) is 0. The fourth-order valence-electron chi connectivity index (χ4n) is 1.86. The van der Waals surface area contributed by atoms with Crippen molar-refractivity contribution in [3.8, 4) is 0 Å². The lowest BCUT2D eigenvalue weighted by molar-refractivity contribution is 0.365. The second kappa shape index (κ2) is 9.04. The summed E-state index contributed by atoms with van der Waals surface area (Å²) in [5, 5.41) is 3.58. The lowest BCUT2D eigenvalue weighted by Crippen LogP contribution is -2.38. The van der Waals surface area contributed by atoms with Crippen LogP contribution in [0.3, 0.4) is 0 Å². The standard InChI is InChI=1S/C15H33N/c1-6-7-8-9-10-11-12-14(2)13-16-15(3,4)5/h14,16H,6-13H2,1-5H3. The molecule has 1 heteroatoms. The Morgan fingerprint density at radius 3 is 2.06 bits per heavy atom. The molecule has 1 unspecified atom stereocenters. The van der Waals surface area contributed by atoms with Crippen LogP contribution in [0, 0.1) is 5.92 Å². The Hall–Kier alpha value is -0.0400. The SMILES string of the molecule is CCCCCCCCC(C)CNC(C)(C)C. The highest BCUT2D eigenvalue weighted by Gasteiger charge is 2.10. The van der Waals surface area contributed by atoms with Gasteiger partial charge in [0.2, 0.25) is 0 Å². The van der Waals surface area contributed by atoms with Crippen molar-refractivity contribution in [1.82, 2.24) is 5.32 Å². The zero-order valence-electron chi connectivity index (χ0n) is 12.2. The molecule has 0 amide bonds. The molecular weight excluding hydrogens is 194 g/mol. The van der Waals surface area contributed by atoms with Gasteiger partial charge in [-0.05, 0) is 39.7 Å². The van der Waals surface area contributed by atoms with E-state index in [-0.39, 0.29) is 5.54 Å². The normalized spacial score (nSPS) is 14.1. The summed E-state index contributed by atoms with van der Waals surface area (Å²) < 4.78 is 0. The van der Waals surface area contributed by atoms with Gasteiger partial charge in [0.25, 0.3) is 0 Å². The zero-order chi connectivity index (χ0) is 12.4. The van der Waals surface area contributed by atoms with Gasteiger partial charge in [-0.25, -0.2) is 0 Å². The van der Waals surface area contributed by atoms with Crippen LogP contribution in [-0.2, 0) is 0 Å². The van der Waals surface area contributed by atoms with Crippen LogP contribution in [-0.4, -0.2) is 12.1 Å². The first kappa shape index (κ1) is 16.0. The molecule has 0 aliphatic heterocycles. The molecule has 0 radical (unpaired) electrons. The van der Waals surface area contributed by atoms with E-state index < -0.39 is 0 Å². The Kier molecular flexibility index (Phi) is 9.02.